The van der Waals surface area contributed by atoms with Crippen LogP contribution in [0.2, 0.25) is 0 Å². The Hall–Kier alpha value is -3.15. The summed E-state index contributed by atoms with van der Waals surface area (Å²) in [6.45, 7) is 0. The third-order valence-corrected chi connectivity index (χ3v) is 2.95. The maximum atomic E-state index is 12.8. The summed E-state index contributed by atoms with van der Waals surface area (Å²) >= 11 is 0. The van der Waals surface area contributed by atoms with Gasteiger partial charge in [-0.05, 0) is 35.9 Å². The van der Waals surface area contributed by atoms with Crippen molar-refractivity contribution in [2.45, 2.75) is 0 Å². The third kappa shape index (κ3) is 4.41. The first kappa shape index (κ1) is 16.2. The number of nitrogens with two attached hydrogens (primary N) is 1. The highest BCUT2D eigenvalue weighted by molar-refractivity contribution is 5.97. The normalized spacial score (nSPS) is 10.5. The number of hydrogen-bond donors (Lipinski definition) is 1. The van der Waals surface area contributed by atoms with E-state index in [9.17, 15) is 14.0 Å². The number of methoxy groups -OCH3 is 1. The van der Waals surface area contributed by atoms with Crippen LogP contribution in [-0.2, 0) is 4.79 Å². The number of amides is 1. The van der Waals surface area contributed by atoms with E-state index >= 15 is 0 Å². The van der Waals surface area contributed by atoms with Crippen LogP contribution in [-0.4, -0.2) is 19.0 Å². The third-order valence-electron chi connectivity index (χ3n) is 2.95. The molecular formula is C17H14FNO4. The molecular weight excluding hydrogens is 301 g/mol. The van der Waals surface area contributed by atoms with Gasteiger partial charge in [0, 0.05) is 12.1 Å². The SMILES string of the molecule is COc1ccc(C(N)=O)c(OC(=O)/C=C/c2ccc(F)cc2)c1. The molecule has 118 valence electrons. The van der Waals surface area contributed by atoms with Gasteiger partial charge in [-0.2, -0.15) is 0 Å². The van der Waals surface area contributed by atoms with Gasteiger partial charge in [-0.15, -0.1) is 0 Å². The van der Waals surface area contributed by atoms with Crippen molar-refractivity contribution in [1.82, 2.24) is 0 Å². The van der Waals surface area contributed by atoms with Gasteiger partial charge in [0.25, 0.3) is 5.91 Å². The van der Waals surface area contributed by atoms with Crippen molar-refractivity contribution in [2.24, 2.45) is 5.73 Å². The van der Waals surface area contributed by atoms with Crippen LogP contribution < -0.4 is 15.2 Å². The lowest BCUT2D eigenvalue weighted by Crippen LogP contribution is -2.15. The van der Waals surface area contributed by atoms with E-state index in [2.05, 4.69) is 0 Å². The smallest absolute Gasteiger partial charge is 0.336 e. The lowest BCUT2D eigenvalue weighted by atomic mass is 10.2. The Morgan fingerprint density at radius 3 is 2.43 bits per heavy atom. The number of halogens is 1. The lowest BCUT2D eigenvalue weighted by molar-refractivity contribution is -0.128. The molecule has 1 amide bonds. The Morgan fingerprint density at radius 1 is 1.13 bits per heavy atom. The molecule has 0 heterocycles. The lowest BCUT2D eigenvalue weighted by Gasteiger charge is -2.08. The number of primary amides is 1. The van der Waals surface area contributed by atoms with Gasteiger partial charge in [0.05, 0.1) is 12.7 Å². The van der Waals surface area contributed by atoms with Crippen LogP contribution in [0.3, 0.4) is 0 Å². The van der Waals surface area contributed by atoms with Gasteiger partial charge in [-0.25, -0.2) is 9.18 Å². The fourth-order valence-electron chi connectivity index (χ4n) is 1.80. The van der Waals surface area contributed by atoms with Crippen molar-refractivity contribution >= 4 is 18.0 Å². The molecule has 0 atom stereocenters. The number of benzene rings is 2. The molecule has 0 radical (unpaired) electrons. The molecule has 0 aromatic heterocycles. The molecule has 0 saturated carbocycles. The number of carbonyl (C=O) groups excluding carboxylic acids is 2. The fourth-order valence-corrected chi connectivity index (χ4v) is 1.80. The van der Waals surface area contributed by atoms with Gasteiger partial charge in [-0.1, -0.05) is 12.1 Å². The highest BCUT2D eigenvalue weighted by atomic mass is 19.1. The fraction of sp³-hybridized carbons (Fsp3) is 0.0588. The molecule has 0 fully saturated rings. The Labute approximate surface area is 132 Å². The van der Waals surface area contributed by atoms with Crippen LogP contribution in [0, 0.1) is 5.82 Å². The van der Waals surface area contributed by atoms with Crippen molar-refractivity contribution in [3.05, 3.63) is 65.5 Å². The van der Waals surface area contributed by atoms with Gasteiger partial charge in [0.1, 0.15) is 17.3 Å². The number of rotatable bonds is 5. The molecule has 0 saturated heterocycles. The second-order valence-electron chi connectivity index (χ2n) is 4.53. The molecule has 0 aliphatic carbocycles. The first-order valence-corrected chi connectivity index (χ1v) is 6.63. The summed E-state index contributed by atoms with van der Waals surface area (Å²) in [7, 11) is 1.44. The Morgan fingerprint density at radius 2 is 1.83 bits per heavy atom. The predicted octanol–water partition coefficient (Wildman–Crippen LogP) is 2.55. The Kier molecular flexibility index (Phi) is 5.09. The Balaban J connectivity index is 2.16. The summed E-state index contributed by atoms with van der Waals surface area (Å²) in [5, 5.41) is 0. The van der Waals surface area contributed by atoms with Gasteiger partial charge < -0.3 is 15.2 Å². The van der Waals surface area contributed by atoms with Crippen LogP contribution in [0.25, 0.3) is 6.08 Å². The van der Waals surface area contributed by atoms with Gasteiger partial charge >= 0.3 is 5.97 Å². The van der Waals surface area contributed by atoms with Crippen molar-refractivity contribution in [1.29, 1.82) is 0 Å². The highest BCUT2D eigenvalue weighted by Crippen LogP contribution is 2.24. The largest absolute Gasteiger partial charge is 0.497 e. The summed E-state index contributed by atoms with van der Waals surface area (Å²) < 4.78 is 22.9. The molecule has 0 unspecified atom stereocenters. The Bertz CT molecular complexity index is 754. The molecule has 2 rings (SSSR count). The molecule has 0 bridgehead atoms. The van der Waals surface area contributed by atoms with Crippen molar-refractivity contribution in [3.63, 3.8) is 0 Å². The number of hydrogen-bond acceptors (Lipinski definition) is 4. The minimum Gasteiger partial charge on any atom is -0.497 e. The van der Waals surface area contributed by atoms with E-state index in [1.807, 2.05) is 0 Å². The highest BCUT2D eigenvalue weighted by Gasteiger charge is 2.13. The minimum atomic E-state index is -0.724. The summed E-state index contributed by atoms with van der Waals surface area (Å²) in [6, 6.07) is 9.92. The second kappa shape index (κ2) is 7.22. The minimum absolute atomic E-state index is 0.00519. The summed E-state index contributed by atoms with van der Waals surface area (Å²) in [6.07, 6.45) is 2.63. The van der Waals surface area contributed by atoms with E-state index in [-0.39, 0.29) is 17.1 Å². The van der Waals surface area contributed by atoms with E-state index < -0.39 is 11.9 Å². The van der Waals surface area contributed by atoms with Crippen molar-refractivity contribution in [2.75, 3.05) is 7.11 Å². The van der Waals surface area contributed by atoms with Crippen molar-refractivity contribution in [3.8, 4) is 11.5 Å². The van der Waals surface area contributed by atoms with Crippen LogP contribution in [0.5, 0.6) is 11.5 Å². The second-order valence-corrected chi connectivity index (χ2v) is 4.53. The quantitative estimate of drug-likeness (QED) is 0.522. The molecule has 0 spiro atoms. The average molecular weight is 315 g/mol. The molecule has 23 heavy (non-hydrogen) atoms. The van der Waals surface area contributed by atoms with E-state index in [1.54, 1.807) is 0 Å². The zero-order valence-electron chi connectivity index (χ0n) is 12.3. The van der Waals surface area contributed by atoms with Crippen LogP contribution >= 0.6 is 0 Å². The van der Waals surface area contributed by atoms with E-state index in [0.29, 0.717) is 11.3 Å². The zero-order chi connectivity index (χ0) is 16.8. The summed E-state index contributed by atoms with van der Waals surface area (Å²) in [4.78, 5) is 23.2. The van der Waals surface area contributed by atoms with Gasteiger partial charge in [-0.3, -0.25) is 4.79 Å². The van der Waals surface area contributed by atoms with E-state index in [1.165, 1.54) is 55.7 Å². The maximum absolute atomic E-state index is 12.8. The average Bonchev–Trinajstić information content (AvgIpc) is 2.54. The molecule has 2 N–H and O–H groups in total. The van der Waals surface area contributed by atoms with Gasteiger partial charge in [0.15, 0.2) is 0 Å². The molecule has 2 aromatic rings. The molecule has 0 aliphatic rings. The zero-order valence-corrected chi connectivity index (χ0v) is 12.3. The monoisotopic (exact) mass is 315 g/mol. The number of carbonyl (C=O) groups is 2. The predicted molar refractivity (Wildman–Crippen MR) is 82.6 cm³/mol. The van der Waals surface area contributed by atoms with E-state index in [4.69, 9.17) is 15.2 Å². The van der Waals surface area contributed by atoms with E-state index in [0.717, 1.165) is 6.08 Å². The first-order valence-electron chi connectivity index (χ1n) is 6.63. The maximum Gasteiger partial charge on any atom is 0.336 e. The standard InChI is InChI=1S/C17H14FNO4/c1-22-13-7-8-14(17(19)21)15(10-13)23-16(20)9-4-11-2-5-12(18)6-3-11/h2-10H,1H3,(H2,19,21)/b9-4+. The number of esters is 1. The van der Waals surface area contributed by atoms with Crippen LogP contribution in [0.15, 0.2) is 48.5 Å². The van der Waals surface area contributed by atoms with Crippen LogP contribution in [0.1, 0.15) is 15.9 Å². The molecule has 0 aliphatic heterocycles. The summed E-state index contributed by atoms with van der Waals surface area (Å²) in [5.74, 6) is -1.37. The van der Waals surface area contributed by atoms with Crippen LogP contribution in [0.4, 0.5) is 4.39 Å². The summed E-state index contributed by atoms with van der Waals surface area (Å²) in [5.41, 5.74) is 5.93. The molecule has 2 aromatic carbocycles. The van der Waals surface area contributed by atoms with Crippen molar-refractivity contribution < 1.29 is 23.5 Å². The van der Waals surface area contributed by atoms with Gasteiger partial charge in [0.2, 0.25) is 0 Å². The first-order chi connectivity index (χ1) is 11.0. The molecule has 5 nitrogen and oxygen atoms in total. The topological polar surface area (TPSA) is 78.6 Å². The number of ether oxygens (including phenoxy) is 2. The molecule has 6 heteroatoms.